The summed E-state index contributed by atoms with van der Waals surface area (Å²) < 4.78 is 22.4. The van der Waals surface area contributed by atoms with Crippen LogP contribution >= 0.6 is 23.2 Å². The third-order valence-electron chi connectivity index (χ3n) is 5.72. The molecule has 1 spiro atoms. The average molecular weight is 423 g/mol. The number of benzene rings is 2. The van der Waals surface area contributed by atoms with Gasteiger partial charge in [-0.15, -0.1) is 0 Å². The smallest absolute Gasteiger partial charge is 0.207 e. The number of fused-ring (bicyclic) bond motifs is 2. The summed E-state index contributed by atoms with van der Waals surface area (Å²) >= 11 is 12.7. The first-order valence-corrected chi connectivity index (χ1v) is 10.0. The highest BCUT2D eigenvalue weighted by atomic mass is 35.5. The monoisotopic (exact) mass is 422 g/mol. The topological polar surface area (TPSA) is 54.0 Å². The highest BCUT2D eigenvalue weighted by Crippen LogP contribution is 2.60. The van der Waals surface area contributed by atoms with Crippen molar-refractivity contribution in [3.63, 3.8) is 0 Å². The number of Topliss-reactive ketones (excluding diaryl/α,β-unsaturated/α-hetero) is 1. The highest BCUT2D eigenvalue weighted by Gasteiger charge is 2.77. The molecule has 2 aromatic carbocycles. The third-order valence-corrected chi connectivity index (χ3v) is 6.78. The molecule has 2 aromatic rings. The Morgan fingerprint density at radius 3 is 2.54 bits per heavy atom. The molecule has 2 heterocycles. The lowest BCUT2D eigenvalue weighted by atomic mass is 9.73. The van der Waals surface area contributed by atoms with Crippen molar-refractivity contribution in [2.45, 2.75) is 61.1 Å². The normalized spacial score (nSPS) is 35.3. The predicted molar refractivity (Wildman–Crippen MR) is 104 cm³/mol. The summed E-state index contributed by atoms with van der Waals surface area (Å²) in [4.78, 5) is 12.0. The van der Waals surface area contributed by atoms with E-state index in [0.717, 1.165) is 16.3 Å². The maximum Gasteiger partial charge on any atom is 0.207 e. The van der Waals surface area contributed by atoms with Crippen molar-refractivity contribution in [1.82, 2.24) is 0 Å². The first kappa shape index (κ1) is 18.8. The first-order valence-electron chi connectivity index (χ1n) is 9.26. The van der Waals surface area contributed by atoms with E-state index in [1.54, 1.807) is 0 Å². The van der Waals surface area contributed by atoms with Crippen LogP contribution in [0.1, 0.15) is 25.8 Å². The average Bonchev–Trinajstić information content (AvgIpc) is 3.10. The summed E-state index contributed by atoms with van der Waals surface area (Å²) in [5.74, 6) is -1.09. The van der Waals surface area contributed by atoms with Crippen molar-refractivity contribution in [2.24, 2.45) is 0 Å². The van der Waals surface area contributed by atoms with Crippen molar-refractivity contribution in [2.75, 3.05) is 0 Å². The molecular weight excluding hydrogens is 403 g/mol. The second-order valence-electron chi connectivity index (χ2n) is 8.06. The van der Waals surface area contributed by atoms with Crippen molar-refractivity contribution >= 4 is 39.8 Å². The minimum atomic E-state index is -1.68. The van der Waals surface area contributed by atoms with E-state index in [-0.39, 0.29) is 12.2 Å². The molecule has 1 aliphatic carbocycles. The Balaban J connectivity index is 1.42. The second kappa shape index (κ2) is 6.14. The van der Waals surface area contributed by atoms with Gasteiger partial charge in [-0.25, -0.2) is 0 Å². The number of ketones is 1. The van der Waals surface area contributed by atoms with Crippen LogP contribution in [0.3, 0.4) is 0 Å². The Kier molecular flexibility index (Phi) is 4.12. The lowest BCUT2D eigenvalue weighted by Gasteiger charge is -2.50. The molecule has 0 radical (unpaired) electrons. The maximum atomic E-state index is 12.0. The first-order chi connectivity index (χ1) is 13.2. The van der Waals surface area contributed by atoms with E-state index < -0.39 is 34.2 Å². The Labute approximate surface area is 172 Å². The summed E-state index contributed by atoms with van der Waals surface area (Å²) in [6.45, 7) is 3.93. The molecule has 7 heteroatoms. The van der Waals surface area contributed by atoms with Gasteiger partial charge in [-0.05, 0) is 36.2 Å². The van der Waals surface area contributed by atoms with Gasteiger partial charge in [0.1, 0.15) is 17.8 Å². The number of rotatable bonds is 3. The van der Waals surface area contributed by atoms with Gasteiger partial charge in [0.25, 0.3) is 0 Å². The molecule has 0 N–H and O–H groups in total. The van der Waals surface area contributed by atoms with Crippen molar-refractivity contribution in [3.05, 3.63) is 48.0 Å². The Morgan fingerprint density at radius 1 is 1.07 bits per heavy atom. The quantitative estimate of drug-likeness (QED) is 0.696. The molecular formula is C21H20Cl2O5. The van der Waals surface area contributed by atoms with Crippen molar-refractivity contribution in [1.29, 1.82) is 0 Å². The van der Waals surface area contributed by atoms with Gasteiger partial charge in [0.05, 0.1) is 6.61 Å². The molecule has 2 aliphatic heterocycles. The number of halogens is 2. The summed E-state index contributed by atoms with van der Waals surface area (Å²) in [5.41, 5.74) is -0.175. The minimum absolute atomic E-state index is 0.0720. The van der Waals surface area contributed by atoms with Crippen molar-refractivity contribution < 1.29 is 23.7 Å². The molecule has 1 saturated carbocycles. The third kappa shape index (κ3) is 2.65. The summed E-state index contributed by atoms with van der Waals surface area (Å²) in [7, 11) is 0. The largest absolute Gasteiger partial charge is 0.367 e. The number of hydrogen-bond donors (Lipinski definition) is 0. The fraction of sp³-hybridized carbons (Fsp3) is 0.476. The van der Waals surface area contributed by atoms with Gasteiger partial charge in [-0.2, -0.15) is 0 Å². The van der Waals surface area contributed by atoms with E-state index in [0.29, 0.717) is 6.61 Å². The van der Waals surface area contributed by atoms with Crippen LogP contribution in [0.5, 0.6) is 0 Å². The second-order valence-corrected chi connectivity index (χ2v) is 9.39. The number of carbonyl (C=O) groups excluding carboxylic acids is 1. The lowest BCUT2D eigenvalue weighted by Crippen LogP contribution is -2.70. The van der Waals surface area contributed by atoms with Crippen LogP contribution in [0.4, 0.5) is 0 Å². The summed E-state index contributed by atoms with van der Waals surface area (Å²) in [6, 6.07) is 14.3. The van der Waals surface area contributed by atoms with Crippen molar-refractivity contribution in [3.8, 4) is 0 Å². The summed E-state index contributed by atoms with van der Waals surface area (Å²) in [6.07, 6.45) is -1.75. The maximum absolute atomic E-state index is 12.0. The highest BCUT2D eigenvalue weighted by molar-refractivity contribution is 6.61. The van der Waals surface area contributed by atoms with E-state index >= 15 is 0 Å². The lowest BCUT2D eigenvalue weighted by molar-refractivity contribution is -0.256. The van der Waals surface area contributed by atoms with Gasteiger partial charge in [0, 0.05) is 6.42 Å². The molecule has 5 rings (SSSR count). The molecule has 3 aliphatic rings. The molecule has 0 bridgehead atoms. The zero-order chi connectivity index (χ0) is 19.7. The van der Waals surface area contributed by atoms with Crippen LogP contribution in [-0.4, -0.2) is 40.0 Å². The fourth-order valence-corrected chi connectivity index (χ4v) is 4.89. The van der Waals surface area contributed by atoms with Gasteiger partial charge in [-0.3, -0.25) is 4.79 Å². The molecule has 2 saturated heterocycles. The molecule has 0 amide bonds. The molecule has 0 unspecified atom stereocenters. The molecule has 5 nitrogen and oxygen atoms in total. The van der Waals surface area contributed by atoms with Crippen LogP contribution in [0, 0.1) is 0 Å². The Bertz CT molecular complexity index is 959. The van der Waals surface area contributed by atoms with Gasteiger partial charge in [0.15, 0.2) is 17.9 Å². The van der Waals surface area contributed by atoms with E-state index in [4.69, 9.17) is 42.1 Å². The standard InChI is InChI=1S/C21H20Cl2O5/c1-19(2)26-16-17(20(28-18(16)27-19)10-15(24)21(20,22)23)25-11-12-7-8-13-5-3-4-6-14(13)9-12/h3-9,16-18H,10-11H2,1-2H3/t16-,17+,18+,20+/m1/s1. The van der Waals surface area contributed by atoms with Gasteiger partial charge < -0.3 is 18.9 Å². The molecule has 28 heavy (non-hydrogen) atoms. The predicted octanol–water partition coefficient (Wildman–Crippen LogP) is 4.12. The van der Waals surface area contributed by atoms with E-state index in [1.165, 1.54) is 0 Å². The van der Waals surface area contributed by atoms with E-state index in [2.05, 4.69) is 24.3 Å². The molecule has 3 fully saturated rings. The van der Waals surface area contributed by atoms with Crippen LogP contribution in [0.2, 0.25) is 0 Å². The minimum Gasteiger partial charge on any atom is -0.367 e. The van der Waals surface area contributed by atoms with Gasteiger partial charge in [-0.1, -0.05) is 59.6 Å². The van der Waals surface area contributed by atoms with Crippen LogP contribution < -0.4 is 0 Å². The van der Waals surface area contributed by atoms with Crippen LogP contribution in [0.25, 0.3) is 10.8 Å². The zero-order valence-electron chi connectivity index (χ0n) is 15.5. The SMILES string of the molecule is CC1(C)O[C@H]2O[C@@]3(CC(=O)C3(Cl)Cl)[C@@H](OCc3ccc4ccccc4c3)[C@H]2O1. The number of alkyl halides is 2. The van der Waals surface area contributed by atoms with Gasteiger partial charge in [0.2, 0.25) is 4.33 Å². The fourth-order valence-electron chi connectivity index (χ4n) is 4.32. The van der Waals surface area contributed by atoms with E-state index in [1.807, 2.05) is 32.0 Å². The number of hydrogen-bond acceptors (Lipinski definition) is 5. The zero-order valence-corrected chi connectivity index (χ0v) is 17.0. The van der Waals surface area contributed by atoms with Gasteiger partial charge >= 0.3 is 0 Å². The molecule has 4 atom stereocenters. The van der Waals surface area contributed by atoms with Crippen LogP contribution in [0.15, 0.2) is 42.5 Å². The Morgan fingerprint density at radius 2 is 1.82 bits per heavy atom. The summed E-state index contributed by atoms with van der Waals surface area (Å²) in [5, 5.41) is 2.29. The van der Waals surface area contributed by atoms with Crippen LogP contribution in [-0.2, 0) is 30.3 Å². The number of ether oxygens (including phenoxy) is 4. The number of carbonyl (C=O) groups is 1. The Hall–Kier alpha value is -1.21. The molecule has 148 valence electrons. The molecule has 0 aromatic heterocycles. The van der Waals surface area contributed by atoms with E-state index in [9.17, 15) is 4.79 Å².